The average molecular weight is 101 g/mol. The molecule has 0 aromatic rings. The van der Waals surface area contributed by atoms with Gasteiger partial charge in [0.2, 0.25) is 0 Å². The van der Waals surface area contributed by atoms with Gasteiger partial charge < -0.3 is 0 Å². The molecule has 0 atom stereocenters. The topological polar surface area (TPSA) is 32.3 Å². The van der Waals surface area contributed by atoms with Crippen LogP contribution in [0.25, 0.3) is 0 Å². The predicted octanol–water partition coefficient (Wildman–Crippen LogP) is -0.490. The number of hydrogen-bond donors (Lipinski definition) is 1. The van der Waals surface area contributed by atoms with Crippen molar-refractivity contribution in [3.63, 3.8) is 0 Å². The van der Waals surface area contributed by atoms with Gasteiger partial charge in [0.15, 0.2) is 0 Å². The summed E-state index contributed by atoms with van der Waals surface area (Å²) in [6.45, 7) is 2.67. The summed E-state index contributed by atoms with van der Waals surface area (Å²) in [7, 11) is 1.61. The molecule has 1 amide bonds. The van der Waals surface area contributed by atoms with Crippen molar-refractivity contribution in [2.75, 3.05) is 13.6 Å². The highest BCUT2D eigenvalue weighted by atomic mass is 16.1. The van der Waals surface area contributed by atoms with E-state index < -0.39 is 0 Å². The fraction of sp³-hybridized carbons (Fsp3) is 0.750. The fourth-order valence-electron chi connectivity index (χ4n) is 0.269. The Labute approximate surface area is 43.3 Å². The normalized spacial score (nSPS) is 8.29. The lowest BCUT2D eigenvalue weighted by Crippen LogP contribution is -2.32. The van der Waals surface area contributed by atoms with E-state index in [1.165, 1.54) is 5.01 Å². The number of hydrazine groups is 1. The van der Waals surface area contributed by atoms with Gasteiger partial charge in [0, 0.05) is 13.6 Å². The lowest BCUT2D eigenvalue weighted by atomic mass is 10.8. The number of rotatable bonds is 3. The number of nitrogens with one attached hydrogen (secondary N) is 1. The summed E-state index contributed by atoms with van der Waals surface area (Å²) in [6.07, 6.45) is 1.64. The van der Waals surface area contributed by atoms with Crippen LogP contribution < -0.4 is 5.43 Å². The van der Waals surface area contributed by atoms with Crippen molar-refractivity contribution in [2.45, 2.75) is 6.92 Å². The third-order valence-electron chi connectivity index (χ3n) is 0.532. The van der Waals surface area contributed by atoms with Gasteiger partial charge in [-0.3, -0.25) is 9.80 Å². The van der Waals surface area contributed by atoms with Gasteiger partial charge in [-0.05, 0) is 0 Å². The van der Waals surface area contributed by atoms with Crippen LogP contribution in [0.3, 0.4) is 0 Å². The molecule has 3 heteroatoms. The van der Waals surface area contributed by atoms with Crippen LogP contribution in [0.4, 0.5) is 0 Å². The molecule has 0 aliphatic heterocycles. The highest BCUT2D eigenvalue weighted by Gasteiger charge is 1.84. The fourth-order valence-corrected chi connectivity index (χ4v) is 0.269. The summed E-state index contributed by atoms with van der Waals surface area (Å²) in [4.78, 5) is 9.63. The summed E-state index contributed by atoms with van der Waals surface area (Å²) in [5.41, 5.74) is 2.70. The highest BCUT2D eigenvalue weighted by molar-refractivity contribution is 5.46. The minimum absolute atomic E-state index is 0.756. The maximum Gasteiger partial charge on any atom is 0.327 e. The van der Waals surface area contributed by atoms with Crippen LogP contribution in [0.2, 0.25) is 0 Å². The van der Waals surface area contributed by atoms with Crippen LogP contribution in [-0.2, 0) is 4.79 Å². The molecule has 0 saturated heterocycles. The third-order valence-corrected chi connectivity index (χ3v) is 0.532. The molecule has 0 saturated carbocycles. The van der Waals surface area contributed by atoms with E-state index in [1.807, 2.05) is 6.92 Å². The van der Waals surface area contributed by atoms with Crippen molar-refractivity contribution in [2.24, 2.45) is 0 Å². The first-order valence-electron chi connectivity index (χ1n) is 2.16. The molecule has 3 nitrogen and oxygen atoms in total. The van der Waals surface area contributed by atoms with Crippen LogP contribution >= 0.6 is 0 Å². The van der Waals surface area contributed by atoms with E-state index in [2.05, 4.69) is 5.43 Å². The smallest absolute Gasteiger partial charge is 0.273 e. The Hall–Kier alpha value is -0.570. The summed E-state index contributed by atoms with van der Waals surface area (Å²) in [5.74, 6) is 0. The Morgan fingerprint density at radius 1 is 1.86 bits per heavy atom. The molecule has 0 aromatic heterocycles. The van der Waals surface area contributed by atoms with Crippen molar-refractivity contribution in [3.05, 3.63) is 0 Å². The summed E-state index contributed by atoms with van der Waals surface area (Å²) < 4.78 is 0. The van der Waals surface area contributed by atoms with Gasteiger partial charge in [0.1, 0.15) is 0 Å². The molecule has 0 aromatic carbocycles. The van der Waals surface area contributed by atoms with E-state index in [0.717, 1.165) is 6.54 Å². The largest absolute Gasteiger partial charge is 0.327 e. The minimum Gasteiger partial charge on any atom is -0.273 e. The molecule has 0 rings (SSSR count). The zero-order valence-corrected chi connectivity index (χ0v) is 4.56. The van der Waals surface area contributed by atoms with E-state index >= 15 is 0 Å². The lowest BCUT2D eigenvalue weighted by molar-refractivity contribution is 0.348. The average Bonchev–Trinajstić information content (AvgIpc) is 1.68. The predicted molar refractivity (Wildman–Crippen MR) is 27.1 cm³/mol. The maximum absolute atomic E-state index is 9.63. The Bertz CT molecular complexity index is 55.7. The Morgan fingerprint density at radius 3 is 2.57 bits per heavy atom. The van der Waals surface area contributed by atoms with Crippen LogP contribution in [-0.4, -0.2) is 25.0 Å². The molecule has 0 heterocycles. The molecule has 0 spiro atoms. The SMILES string of the molecule is CCNN(C)[C]=O. The van der Waals surface area contributed by atoms with Crippen molar-refractivity contribution in [3.8, 4) is 0 Å². The van der Waals surface area contributed by atoms with Crippen molar-refractivity contribution in [1.29, 1.82) is 0 Å². The molecule has 0 unspecified atom stereocenters. The minimum atomic E-state index is 0.756. The maximum atomic E-state index is 9.63. The molecule has 7 heavy (non-hydrogen) atoms. The molecule has 0 aliphatic carbocycles. The van der Waals surface area contributed by atoms with E-state index in [9.17, 15) is 4.79 Å². The first-order valence-corrected chi connectivity index (χ1v) is 2.16. The van der Waals surface area contributed by atoms with Crippen LogP contribution in [0.1, 0.15) is 6.92 Å². The summed E-state index contributed by atoms with van der Waals surface area (Å²) >= 11 is 0. The Morgan fingerprint density at radius 2 is 2.43 bits per heavy atom. The summed E-state index contributed by atoms with van der Waals surface area (Å²) in [5, 5.41) is 1.25. The van der Waals surface area contributed by atoms with Crippen LogP contribution in [0.5, 0.6) is 0 Å². The standard InChI is InChI=1S/C4H9N2O/c1-3-5-6(2)4-7/h5H,3H2,1-2H3. The molecule has 0 fully saturated rings. The zero-order valence-electron chi connectivity index (χ0n) is 4.56. The molecular weight excluding hydrogens is 92.1 g/mol. The quantitative estimate of drug-likeness (QED) is 0.384. The molecule has 1 radical (unpaired) electrons. The molecule has 0 bridgehead atoms. The second-order valence-electron chi connectivity index (χ2n) is 1.16. The number of carbonyl (C=O) groups excluding carboxylic acids is 1. The van der Waals surface area contributed by atoms with Crippen molar-refractivity contribution < 1.29 is 4.79 Å². The van der Waals surface area contributed by atoms with Crippen LogP contribution in [0.15, 0.2) is 0 Å². The van der Waals surface area contributed by atoms with E-state index in [-0.39, 0.29) is 0 Å². The molecular formula is C4H9N2O. The summed E-state index contributed by atoms with van der Waals surface area (Å²) in [6, 6.07) is 0. The van der Waals surface area contributed by atoms with Gasteiger partial charge >= 0.3 is 6.41 Å². The van der Waals surface area contributed by atoms with Crippen molar-refractivity contribution in [1.82, 2.24) is 10.4 Å². The first kappa shape index (κ1) is 6.43. The second-order valence-corrected chi connectivity index (χ2v) is 1.16. The van der Waals surface area contributed by atoms with E-state index in [4.69, 9.17) is 0 Å². The lowest BCUT2D eigenvalue weighted by Gasteiger charge is -2.06. The highest BCUT2D eigenvalue weighted by Crippen LogP contribution is 1.59. The van der Waals surface area contributed by atoms with E-state index in [0.29, 0.717) is 0 Å². The number of hydrogen-bond acceptors (Lipinski definition) is 2. The second kappa shape index (κ2) is 3.61. The van der Waals surface area contributed by atoms with Crippen LogP contribution in [0, 0.1) is 0 Å². The molecule has 41 valence electrons. The van der Waals surface area contributed by atoms with Gasteiger partial charge in [-0.2, -0.15) is 0 Å². The van der Waals surface area contributed by atoms with E-state index in [1.54, 1.807) is 13.5 Å². The Balaban J connectivity index is 2.98. The van der Waals surface area contributed by atoms with Gasteiger partial charge in [0.05, 0.1) is 0 Å². The third kappa shape index (κ3) is 3.26. The molecule has 1 N–H and O–H groups in total. The van der Waals surface area contributed by atoms with Gasteiger partial charge in [-0.1, -0.05) is 6.92 Å². The first-order chi connectivity index (χ1) is 3.31. The zero-order chi connectivity index (χ0) is 5.70. The van der Waals surface area contributed by atoms with Gasteiger partial charge in [-0.25, -0.2) is 5.43 Å². The van der Waals surface area contributed by atoms with Gasteiger partial charge in [0.25, 0.3) is 0 Å². The van der Waals surface area contributed by atoms with Gasteiger partial charge in [-0.15, -0.1) is 0 Å². The number of amides is 1. The monoisotopic (exact) mass is 101 g/mol. The number of nitrogens with zero attached hydrogens (tertiary/aromatic N) is 1. The Kier molecular flexibility index (Phi) is 3.32. The van der Waals surface area contributed by atoms with Crippen molar-refractivity contribution >= 4 is 6.41 Å². The molecule has 0 aliphatic rings.